The van der Waals surface area contributed by atoms with E-state index < -0.39 is 18.1 Å². The predicted octanol–water partition coefficient (Wildman–Crippen LogP) is 4.93. The quantitative estimate of drug-likeness (QED) is 0.454. The van der Waals surface area contributed by atoms with Crippen molar-refractivity contribution in [1.82, 2.24) is 4.31 Å². The van der Waals surface area contributed by atoms with Gasteiger partial charge in [-0.25, -0.2) is 8.42 Å². The molecule has 2 aromatic rings. The lowest BCUT2D eigenvalue weighted by Crippen LogP contribution is -2.35. The lowest BCUT2D eigenvalue weighted by Gasteiger charge is -2.28. The van der Waals surface area contributed by atoms with Crippen LogP contribution in [-0.2, 0) is 21.4 Å². The summed E-state index contributed by atoms with van der Waals surface area (Å²) < 4.78 is 28.4. The molecule has 2 aromatic carbocycles. The molecule has 0 radical (unpaired) electrons. The SMILES string of the molecule is CCC(=O)/C(=C\[Si](C)(C)C)N(Cc1ccccc1)S(=O)(=O)c1ccc(C)cc1. The van der Waals surface area contributed by atoms with Gasteiger partial charge in [0, 0.05) is 6.42 Å². The zero-order valence-corrected chi connectivity index (χ0v) is 19.1. The predicted molar refractivity (Wildman–Crippen MR) is 117 cm³/mol. The van der Waals surface area contributed by atoms with Gasteiger partial charge in [-0.3, -0.25) is 9.10 Å². The lowest BCUT2D eigenvalue weighted by molar-refractivity contribution is -0.116. The third kappa shape index (κ3) is 5.66. The number of Topliss-reactive ketones (excluding diaryl/α,β-unsaturated/α-hetero) is 1. The average Bonchev–Trinajstić information content (AvgIpc) is 2.64. The third-order valence-electron chi connectivity index (χ3n) is 4.22. The zero-order chi connectivity index (χ0) is 20.9. The highest BCUT2D eigenvalue weighted by molar-refractivity contribution is 7.89. The Labute approximate surface area is 170 Å². The van der Waals surface area contributed by atoms with E-state index in [-0.39, 0.29) is 29.3 Å². The molecule has 2 rings (SSSR count). The molecular weight excluding hydrogens is 386 g/mol. The number of benzene rings is 2. The van der Waals surface area contributed by atoms with Crippen molar-refractivity contribution in [3.63, 3.8) is 0 Å². The van der Waals surface area contributed by atoms with Crippen LogP contribution in [0.4, 0.5) is 0 Å². The second-order valence-electron chi connectivity index (χ2n) is 7.98. The molecule has 0 heterocycles. The fourth-order valence-electron chi connectivity index (χ4n) is 2.77. The van der Waals surface area contributed by atoms with Crippen LogP contribution < -0.4 is 0 Å². The largest absolute Gasteiger partial charge is 0.293 e. The molecule has 0 N–H and O–H groups in total. The monoisotopic (exact) mass is 415 g/mol. The number of hydrogen-bond acceptors (Lipinski definition) is 3. The number of carbonyl (C=O) groups excluding carboxylic acids is 1. The summed E-state index contributed by atoms with van der Waals surface area (Å²) in [4.78, 5) is 13.0. The van der Waals surface area contributed by atoms with Gasteiger partial charge in [0.1, 0.15) is 0 Å². The van der Waals surface area contributed by atoms with Crippen LogP contribution >= 0.6 is 0 Å². The van der Waals surface area contributed by atoms with Crippen molar-refractivity contribution in [2.24, 2.45) is 0 Å². The molecule has 0 unspecified atom stereocenters. The summed E-state index contributed by atoms with van der Waals surface area (Å²) in [5.41, 5.74) is 4.00. The van der Waals surface area contributed by atoms with E-state index in [1.165, 1.54) is 4.31 Å². The van der Waals surface area contributed by atoms with Gasteiger partial charge in [0.15, 0.2) is 5.78 Å². The summed E-state index contributed by atoms with van der Waals surface area (Å²) >= 11 is 0. The van der Waals surface area contributed by atoms with Crippen LogP contribution in [0.3, 0.4) is 0 Å². The first-order chi connectivity index (χ1) is 13.0. The number of aryl methyl sites for hydroxylation is 1. The molecule has 0 aliphatic heterocycles. The van der Waals surface area contributed by atoms with Gasteiger partial charge >= 0.3 is 0 Å². The maximum Gasteiger partial charge on any atom is 0.264 e. The molecule has 0 saturated heterocycles. The Balaban J connectivity index is 2.65. The van der Waals surface area contributed by atoms with Crippen molar-refractivity contribution < 1.29 is 13.2 Å². The van der Waals surface area contributed by atoms with Crippen molar-refractivity contribution >= 4 is 23.9 Å². The summed E-state index contributed by atoms with van der Waals surface area (Å²) in [7, 11) is -5.73. The molecule has 0 spiro atoms. The molecule has 0 amide bonds. The van der Waals surface area contributed by atoms with Gasteiger partial charge in [0.25, 0.3) is 10.0 Å². The molecule has 0 bridgehead atoms. The van der Waals surface area contributed by atoms with E-state index in [1.807, 2.05) is 43.0 Å². The normalized spacial score (nSPS) is 12.7. The zero-order valence-electron chi connectivity index (χ0n) is 17.3. The van der Waals surface area contributed by atoms with E-state index in [0.29, 0.717) is 0 Å². The Morgan fingerprint density at radius 1 is 1.00 bits per heavy atom. The molecule has 0 aliphatic carbocycles. The first-order valence-electron chi connectivity index (χ1n) is 9.44. The second-order valence-corrected chi connectivity index (χ2v) is 14.9. The van der Waals surface area contributed by atoms with Crippen LogP contribution in [-0.4, -0.2) is 26.6 Å². The van der Waals surface area contributed by atoms with E-state index in [1.54, 1.807) is 31.2 Å². The number of sulfonamides is 1. The Bertz CT molecular complexity index is 944. The summed E-state index contributed by atoms with van der Waals surface area (Å²) in [6, 6.07) is 16.1. The highest BCUT2D eigenvalue weighted by Gasteiger charge is 2.31. The summed E-state index contributed by atoms with van der Waals surface area (Å²) in [6.07, 6.45) is 0.255. The van der Waals surface area contributed by atoms with E-state index in [0.717, 1.165) is 11.1 Å². The lowest BCUT2D eigenvalue weighted by atomic mass is 10.2. The van der Waals surface area contributed by atoms with Gasteiger partial charge in [-0.2, -0.15) is 0 Å². The maximum absolute atomic E-state index is 13.5. The molecule has 0 saturated carbocycles. The van der Waals surface area contributed by atoms with Crippen LogP contribution in [0.5, 0.6) is 0 Å². The average molecular weight is 416 g/mol. The fourth-order valence-corrected chi connectivity index (χ4v) is 5.47. The molecular formula is C22H29NO3SSi. The highest BCUT2D eigenvalue weighted by Crippen LogP contribution is 2.26. The van der Waals surface area contributed by atoms with Crippen molar-refractivity contribution in [1.29, 1.82) is 0 Å². The summed E-state index contributed by atoms with van der Waals surface area (Å²) in [5.74, 6) is -0.158. The van der Waals surface area contributed by atoms with Gasteiger partial charge in [0.2, 0.25) is 0 Å². The van der Waals surface area contributed by atoms with Crippen LogP contribution in [0.15, 0.2) is 70.9 Å². The molecule has 0 fully saturated rings. The van der Waals surface area contributed by atoms with Gasteiger partial charge in [0.05, 0.1) is 25.2 Å². The number of nitrogens with zero attached hydrogens (tertiary/aromatic N) is 1. The van der Waals surface area contributed by atoms with Crippen LogP contribution in [0.2, 0.25) is 19.6 Å². The van der Waals surface area contributed by atoms with Crippen LogP contribution in [0, 0.1) is 6.92 Å². The molecule has 150 valence electrons. The number of rotatable bonds is 8. The molecule has 0 atom stereocenters. The van der Waals surface area contributed by atoms with Crippen LogP contribution in [0.25, 0.3) is 0 Å². The highest BCUT2D eigenvalue weighted by atomic mass is 32.2. The molecule has 0 aliphatic rings. The van der Waals surface area contributed by atoms with Crippen LogP contribution in [0.1, 0.15) is 24.5 Å². The van der Waals surface area contributed by atoms with Gasteiger partial charge in [-0.05, 0) is 24.6 Å². The van der Waals surface area contributed by atoms with Crippen molar-refractivity contribution in [3.8, 4) is 0 Å². The summed E-state index contributed by atoms with van der Waals surface area (Å²) in [5, 5.41) is 0. The number of ketones is 1. The Hall–Kier alpha value is -2.18. The fraction of sp³-hybridized carbons (Fsp3) is 0.318. The van der Waals surface area contributed by atoms with Gasteiger partial charge in [-0.15, -0.1) is 0 Å². The minimum atomic E-state index is -3.88. The number of carbonyl (C=O) groups is 1. The van der Waals surface area contributed by atoms with Gasteiger partial charge < -0.3 is 0 Å². The van der Waals surface area contributed by atoms with E-state index in [2.05, 4.69) is 19.6 Å². The number of hydrogen-bond donors (Lipinski definition) is 0. The Morgan fingerprint density at radius 2 is 1.57 bits per heavy atom. The first kappa shape index (κ1) is 22.1. The summed E-state index contributed by atoms with van der Waals surface area (Å²) in [6.45, 7) is 10.1. The Kier molecular flexibility index (Phi) is 7.01. The van der Waals surface area contributed by atoms with Crippen molar-refractivity contribution in [2.45, 2.75) is 51.3 Å². The topological polar surface area (TPSA) is 54.5 Å². The number of allylic oxidation sites excluding steroid dienone is 1. The molecule has 0 aromatic heterocycles. The van der Waals surface area contributed by atoms with E-state index in [4.69, 9.17) is 0 Å². The maximum atomic E-state index is 13.5. The first-order valence-corrected chi connectivity index (χ1v) is 14.5. The molecule has 6 heteroatoms. The smallest absolute Gasteiger partial charge is 0.264 e. The minimum Gasteiger partial charge on any atom is -0.293 e. The molecule has 4 nitrogen and oxygen atoms in total. The van der Waals surface area contributed by atoms with E-state index >= 15 is 0 Å². The standard InChI is InChI=1S/C22H29NO3SSi/c1-6-22(24)21(17-28(3,4)5)23(16-19-10-8-7-9-11-19)27(25,26)20-14-12-18(2)13-15-20/h7-15,17H,6,16H2,1-5H3/b21-17+. The second kappa shape index (κ2) is 8.88. The Morgan fingerprint density at radius 3 is 2.07 bits per heavy atom. The van der Waals surface area contributed by atoms with Gasteiger partial charge in [-0.1, -0.05) is 80.3 Å². The minimum absolute atomic E-state index is 0.124. The molecule has 28 heavy (non-hydrogen) atoms. The van der Waals surface area contributed by atoms with E-state index in [9.17, 15) is 13.2 Å². The van der Waals surface area contributed by atoms with Crippen molar-refractivity contribution in [2.75, 3.05) is 0 Å². The third-order valence-corrected chi connectivity index (χ3v) is 7.14. The van der Waals surface area contributed by atoms with Crippen molar-refractivity contribution in [3.05, 3.63) is 77.1 Å².